The Morgan fingerprint density at radius 2 is 1.79 bits per heavy atom. The van der Waals surface area contributed by atoms with Gasteiger partial charge in [-0.2, -0.15) is 0 Å². The molecule has 1 aliphatic carbocycles. The maximum atomic E-state index is 6.00. The van der Waals surface area contributed by atoms with Gasteiger partial charge in [0.15, 0.2) is 5.05 Å². The van der Waals surface area contributed by atoms with Crippen LogP contribution in [0.4, 0.5) is 5.69 Å². The number of para-hydroxylation sites is 2. The van der Waals surface area contributed by atoms with Gasteiger partial charge in [0.1, 0.15) is 5.75 Å². The van der Waals surface area contributed by atoms with E-state index in [1.807, 2.05) is 36.4 Å². The number of allylic oxidation sites excluding steroid dienone is 4. The smallest absolute Gasteiger partial charge is 0.199 e. The highest BCUT2D eigenvalue weighted by Gasteiger charge is 2.29. The number of hydrogen-bond acceptors (Lipinski definition) is 3. The number of rotatable bonds is 2. The number of likely N-dealkylation sites (N-methyl/N-ethyl adjacent to an activating group) is 1. The SMILES string of the molecule is CN1C2=CC=CCC2=C(C(=S)Oc2ccccc2)c2ccccc21. The number of thiocarbonyl (C=S) groups is 1. The van der Waals surface area contributed by atoms with Gasteiger partial charge in [-0.3, -0.25) is 0 Å². The molecule has 0 saturated heterocycles. The van der Waals surface area contributed by atoms with Crippen LogP contribution < -0.4 is 9.64 Å². The Labute approximate surface area is 147 Å². The third-order valence-corrected chi connectivity index (χ3v) is 4.66. The minimum Gasteiger partial charge on any atom is -0.445 e. The van der Waals surface area contributed by atoms with E-state index in [0.29, 0.717) is 5.05 Å². The molecule has 0 radical (unpaired) electrons. The zero-order valence-corrected chi connectivity index (χ0v) is 14.2. The van der Waals surface area contributed by atoms with E-state index in [9.17, 15) is 0 Å². The fourth-order valence-corrected chi connectivity index (χ4v) is 3.57. The van der Waals surface area contributed by atoms with E-state index in [2.05, 4.69) is 48.4 Å². The van der Waals surface area contributed by atoms with Crippen LogP contribution in [0.25, 0.3) is 5.57 Å². The molecule has 0 spiro atoms. The molecule has 0 amide bonds. The van der Waals surface area contributed by atoms with E-state index in [0.717, 1.165) is 29.0 Å². The Balaban J connectivity index is 1.83. The first-order valence-electron chi connectivity index (χ1n) is 7.96. The lowest BCUT2D eigenvalue weighted by atomic mass is 9.88. The van der Waals surface area contributed by atoms with Crippen molar-refractivity contribution in [2.75, 3.05) is 11.9 Å². The molecule has 0 aromatic heterocycles. The summed E-state index contributed by atoms with van der Waals surface area (Å²) in [5.74, 6) is 0.767. The van der Waals surface area contributed by atoms with Crippen LogP contribution in [0.3, 0.4) is 0 Å². The second kappa shape index (κ2) is 6.10. The maximum Gasteiger partial charge on any atom is 0.199 e. The number of ether oxygens (including phenoxy) is 1. The van der Waals surface area contributed by atoms with Crippen LogP contribution in [0.15, 0.2) is 84.1 Å². The van der Waals surface area contributed by atoms with Crippen LogP contribution >= 0.6 is 12.2 Å². The lowest BCUT2D eigenvalue weighted by Gasteiger charge is -2.34. The molecular weight excluding hydrogens is 314 g/mol. The van der Waals surface area contributed by atoms with Crippen LogP contribution in [0, 0.1) is 0 Å². The summed E-state index contributed by atoms with van der Waals surface area (Å²) in [6.07, 6.45) is 7.26. The fourth-order valence-electron chi connectivity index (χ4n) is 3.24. The highest BCUT2D eigenvalue weighted by Crippen LogP contribution is 2.42. The topological polar surface area (TPSA) is 12.5 Å². The fraction of sp³-hybridized carbons (Fsp3) is 0.0952. The lowest BCUT2D eigenvalue weighted by Crippen LogP contribution is -2.27. The Morgan fingerprint density at radius 1 is 1.04 bits per heavy atom. The predicted molar refractivity (Wildman–Crippen MR) is 103 cm³/mol. The first-order chi connectivity index (χ1) is 11.8. The van der Waals surface area contributed by atoms with E-state index in [1.54, 1.807) is 0 Å². The summed E-state index contributed by atoms with van der Waals surface area (Å²) >= 11 is 5.69. The average molecular weight is 331 g/mol. The van der Waals surface area contributed by atoms with Crippen LogP contribution in [0.5, 0.6) is 5.75 Å². The molecule has 118 valence electrons. The van der Waals surface area contributed by atoms with Crippen LogP contribution in [0.1, 0.15) is 12.0 Å². The van der Waals surface area contributed by atoms with E-state index in [4.69, 9.17) is 17.0 Å². The molecule has 1 aliphatic heterocycles. The molecular formula is C21H17NOS. The van der Waals surface area contributed by atoms with Gasteiger partial charge in [-0.25, -0.2) is 0 Å². The monoisotopic (exact) mass is 331 g/mol. The van der Waals surface area contributed by atoms with Gasteiger partial charge < -0.3 is 9.64 Å². The van der Waals surface area contributed by atoms with Crippen molar-refractivity contribution in [3.63, 3.8) is 0 Å². The van der Waals surface area contributed by atoms with Gasteiger partial charge in [0, 0.05) is 29.6 Å². The summed E-state index contributed by atoms with van der Waals surface area (Å²) in [6.45, 7) is 0. The van der Waals surface area contributed by atoms with Gasteiger partial charge in [-0.1, -0.05) is 48.6 Å². The molecule has 2 aromatic carbocycles. The highest BCUT2D eigenvalue weighted by molar-refractivity contribution is 7.81. The summed E-state index contributed by atoms with van der Waals surface area (Å²) in [6, 6.07) is 18.1. The zero-order valence-electron chi connectivity index (χ0n) is 13.4. The van der Waals surface area contributed by atoms with Crippen molar-refractivity contribution in [3.05, 3.63) is 89.7 Å². The minimum atomic E-state index is 0.526. The maximum absolute atomic E-state index is 6.00. The molecule has 2 aromatic rings. The third kappa shape index (κ3) is 2.47. The Morgan fingerprint density at radius 3 is 2.62 bits per heavy atom. The standard InChI is InChI=1S/C21H17NOS/c1-22-18-13-7-5-11-16(18)20(17-12-6-8-14-19(17)22)21(24)23-15-9-3-2-4-10-15/h2-11,13-14H,12H2,1H3. The first-order valence-corrected chi connectivity index (χ1v) is 8.37. The summed E-state index contributed by atoms with van der Waals surface area (Å²) in [5.41, 5.74) is 5.71. The highest BCUT2D eigenvalue weighted by atomic mass is 32.1. The second-order valence-corrected chi connectivity index (χ2v) is 6.19. The van der Waals surface area contributed by atoms with E-state index >= 15 is 0 Å². The van der Waals surface area contributed by atoms with Gasteiger partial charge in [-0.15, -0.1) is 0 Å². The molecule has 1 heterocycles. The summed E-state index contributed by atoms with van der Waals surface area (Å²) in [7, 11) is 2.10. The third-order valence-electron chi connectivity index (χ3n) is 4.38. The molecule has 0 fully saturated rings. The molecule has 0 N–H and O–H groups in total. The molecule has 24 heavy (non-hydrogen) atoms. The van der Waals surface area contributed by atoms with E-state index < -0.39 is 0 Å². The Bertz CT molecular complexity index is 893. The van der Waals surface area contributed by atoms with Crippen molar-refractivity contribution >= 4 is 28.5 Å². The average Bonchev–Trinajstić information content (AvgIpc) is 2.63. The van der Waals surface area contributed by atoms with Gasteiger partial charge in [0.05, 0.1) is 0 Å². The Hall–Kier alpha value is -2.65. The number of nitrogens with zero attached hydrogens (tertiary/aromatic N) is 1. The van der Waals surface area contributed by atoms with E-state index in [-0.39, 0.29) is 0 Å². The van der Waals surface area contributed by atoms with Crippen molar-refractivity contribution in [2.24, 2.45) is 0 Å². The quantitative estimate of drug-likeness (QED) is 0.707. The van der Waals surface area contributed by atoms with Crippen molar-refractivity contribution in [2.45, 2.75) is 6.42 Å². The van der Waals surface area contributed by atoms with Crippen molar-refractivity contribution in [3.8, 4) is 5.75 Å². The number of benzene rings is 2. The molecule has 0 bridgehead atoms. The van der Waals surface area contributed by atoms with Gasteiger partial charge in [0.25, 0.3) is 0 Å². The minimum absolute atomic E-state index is 0.526. The van der Waals surface area contributed by atoms with Gasteiger partial charge in [-0.05, 0) is 48.5 Å². The second-order valence-electron chi connectivity index (χ2n) is 5.82. The lowest BCUT2D eigenvalue weighted by molar-refractivity contribution is 0.571. The molecule has 2 aliphatic rings. The van der Waals surface area contributed by atoms with Crippen LogP contribution in [-0.4, -0.2) is 12.1 Å². The molecule has 0 saturated carbocycles. The van der Waals surface area contributed by atoms with Crippen molar-refractivity contribution < 1.29 is 4.74 Å². The van der Waals surface area contributed by atoms with E-state index in [1.165, 1.54) is 11.3 Å². The zero-order chi connectivity index (χ0) is 16.5. The summed E-state index contributed by atoms with van der Waals surface area (Å²) in [5, 5.41) is 0.526. The molecule has 4 rings (SSSR count). The summed E-state index contributed by atoms with van der Waals surface area (Å²) < 4.78 is 6.00. The van der Waals surface area contributed by atoms with Gasteiger partial charge in [0.2, 0.25) is 0 Å². The summed E-state index contributed by atoms with van der Waals surface area (Å²) in [4.78, 5) is 2.22. The molecule has 2 nitrogen and oxygen atoms in total. The first kappa shape index (κ1) is 14.9. The predicted octanol–water partition coefficient (Wildman–Crippen LogP) is 5.14. The van der Waals surface area contributed by atoms with Gasteiger partial charge >= 0.3 is 0 Å². The Kier molecular flexibility index (Phi) is 3.79. The van der Waals surface area contributed by atoms with Crippen molar-refractivity contribution in [1.29, 1.82) is 0 Å². The number of anilines is 1. The molecule has 3 heteroatoms. The normalized spacial score (nSPS) is 15.5. The largest absolute Gasteiger partial charge is 0.445 e. The molecule has 0 atom stereocenters. The molecule has 0 unspecified atom stereocenters. The number of fused-ring (bicyclic) bond motifs is 2. The van der Waals surface area contributed by atoms with Crippen molar-refractivity contribution in [1.82, 2.24) is 0 Å². The number of hydrogen-bond donors (Lipinski definition) is 0. The van der Waals surface area contributed by atoms with Crippen LogP contribution in [0.2, 0.25) is 0 Å². The van der Waals surface area contributed by atoms with Crippen LogP contribution in [-0.2, 0) is 0 Å².